The Morgan fingerprint density at radius 1 is 1.08 bits per heavy atom. The molecular weight excluding hydrogens is 498 g/mol. The van der Waals surface area contributed by atoms with Gasteiger partial charge in [-0.25, -0.2) is 4.79 Å². The Morgan fingerprint density at radius 3 is 2.46 bits per heavy atom. The molecule has 0 heterocycles. The van der Waals surface area contributed by atoms with E-state index in [9.17, 15) is 14.4 Å². The Hall–Kier alpha value is -4.08. The number of hydrogen-bond donors (Lipinski definition) is 4. The van der Waals surface area contributed by atoms with Gasteiger partial charge in [0.1, 0.15) is 0 Å². The van der Waals surface area contributed by atoms with E-state index in [1.165, 1.54) is 6.92 Å². The van der Waals surface area contributed by atoms with E-state index in [4.69, 9.17) is 31.9 Å². The van der Waals surface area contributed by atoms with Crippen molar-refractivity contribution >= 4 is 40.6 Å². The molecule has 194 valence electrons. The second kappa shape index (κ2) is 12.8. The number of ketones is 1. The maximum Gasteiger partial charge on any atom is 0.341 e. The summed E-state index contributed by atoms with van der Waals surface area (Å²) in [6.07, 6.45) is -0.749. The first-order valence-electron chi connectivity index (χ1n) is 11.4. The lowest BCUT2D eigenvalue weighted by atomic mass is 10.1. The molecule has 0 bridgehead atoms. The molecule has 0 fully saturated rings. The van der Waals surface area contributed by atoms with Crippen LogP contribution in [0.4, 0.5) is 11.4 Å². The van der Waals surface area contributed by atoms with E-state index in [2.05, 4.69) is 10.6 Å². The number of Topliss-reactive ketones (excluding diaryl/α,β-unsaturated/α-hetero) is 1. The Labute approximate surface area is 219 Å². The summed E-state index contributed by atoms with van der Waals surface area (Å²) in [4.78, 5) is 35.9. The lowest BCUT2D eigenvalue weighted by molar-refractivity contribution is -0.139. The second-order valence-corrected chi connectivity index (χ2v) is 8.63. The van der Waals surface area contributed by atoms with E-state index in [1.807, 2.05) is 12.1 Å². The van der Waals surface area contributed by atoms with Crippen LogP contribution >= 0.6 is 11.6 Å². The SMILES string of the molecule is CC(=O)C(C)Oc1cccc(CNc2ccc(Cl)cc2C(=O)Nc2ccc(CN)cc2)c1OCC(=O)O. The van der Waals surface area contributed by atoms with Crippen LogP contribution in [-0.4, -0.2) is 35.5 Å². The molecule has 10 heteroatoms. The number of carbonyl (C=O) groups is 3. The number of carboxylic acid groups (broad SMARTS) is 1. The van der Waals surface area contributed by atoms with E-state index < -0.39 is 18.7 Å². The van der Waals surface area contributed by atoms with Gasteiger partial charge in [-0.15, -0.1) is 0 Å². The molecule has 0 radical (unpaired) electrons. The Morgan fingerprint density at radius 2 is 1.81 bits per heavy atom. The van der Waals surface area contributed by atoms with Crippen LogP contribution in [0.25, 0.3) is 0 Å². The topological polar surface area (TPSA) is 140 Å². The summed E-state index contributed by atoms with van der Waals surface area (Å²) >= 11 is 6.17. The smallest absolute Gasteiger partial charge is 0.341 e. The van der Waals surface area contributed by atoms with E-state index in [0.717, 1.165) is 5.56 Å². The van der Waals surface area contributed by atoms with Gasteiger partial charge in [0, 0.05) is 35.1 Å². The van der Waals surface area contributed by atoms with Gasteiger partial charge in [0.15, 0.2) is 30.0 Å². The van der Waals surface area contributed by atoms with Gasteiger partial charge in [-0.1, -0.05) is 35.9 Å². The first-order chi connectivity index (χ1) is 17.7. The predicted octanol–water partition coefficient (Wildman–Crippen LogP) is 4.48. The number of nitrogens with one attached hydrogen (secondary N) is 2. The molecule has 5 N–H and O–H groups in total. The fourth-order valence-electron chi connectivity index (χ4n) is 3.34. The van der Waals surface area contributed by atoms with Crippen LogP contribution in [0.2, 0.25) is 5.02 Å². The minimum absolute atomic E-state index is 0.160. The summed E-state index contributed by atoms with van der Waals surface area (Å²) in [7, 11) is 0. The highest BCUT2D eigenvalue weighted by Gasteiger charge is 2.18. The third-order valence-electron chi connectivity index (χ3n) is 5.42. The predicted molar refractivity (Wildman–Crippen MR) is 141 cm³/mol. The minimum Gasteiger partial charge on any atom is -0.479 e. The molecule has 37 heavy (non-hydrogen) atoms. The number of halogens is 1. The lowest BCUT2D eigenvalue weighted by Gasteiger charge is -2.19. The zero-order valence-corrected chi connectivity index (χ0v) is 21.2. The van der Waals surface area contributed by atoms with Crippen molar-refractivity contribution in [1.82, 2.24) is 0 Å². The molecule has 1 unspecified atom stereocenters. The van der Waals surface area contributed by atoms with Crippen molar-refractivity contribution in [3.8, 4) is 11.5 Å². The van der Waals surface area contributed by atoms with Crippen molar-refractivity contribution in [2.45, 2.75) is 33.0 Å². The molecule has 3 rings (SSSR count). The second-order valence-electron chi connectivity index (χ2n) is 8.20. The van der Waals surface area contributed by atoms with Crippen LogP contribution < -0.4 is 25.8 Å². The molecule has 0 spiro atoms. The number of rotatable bonds is 12. The summed E-state index contributed by atoms with van der Waals surface area (Å²) in [5.41, 5.74) is 8.53. The van der Waals surface area contributed by atoms with E-state index in [1.54, 1.807) is 55.5 Å². The number of carboxylic acids is 1. The zero-order valence-electron chi connectivity index (χ0n) is 20.4. The van der Waals surface area contributed by atoms with Crippen molar-refractivity contribution in [2.75, 3.05) is 17.2 Å². The number of hydrogen-bond acceptors (Lipinski definition) is 7. The number of aliphatic carboxylic acids is 1. The van der Waals surface area contributed by atoms with Gasteiger partial charge in [-0.3, -0.25) is 9.59 Å². The fraction of sp³-hybridized carbons (Fsp3) is 0.222. The van der Waals surface area contributed by atoms with Crippen molar-refractivity contribution in [3.05, 3.63) is 82.4 Å². The molecule has 9 nitrogen and oxygen atoms in total. The highest BCUT2D eigenvalue weighted by Crippen LogP contribution is 2.33. The molecule has 0 aliphatic heterocycles. The highest BCUT2D eigenvalue weighted by atomic mass is 35.5. The molecule has 1 atom stereocenters. The number of benzene rings is 3. The maximum absolute atomic E-state index is 13.1. The van der Waals surface area contributed by atoms with Gasteiger partial charge in [-0.2, -0.15) is 0 Å². The molecular formula is C27H28ClN3O6. The van der Waals surface area contributed by atoms with Crippen molar-refractivity contribution in [3.63, 3.8) is 0 Å². The van der Waals surface area contributed by atoms with Crippen LogP contribution in [-0.2, 0) is 22.7 Å². The Kier molecular flexibility index (Phi) is 9.48. The van der Waals surface area contributed by atoms with Crippen molar-refractivity contribution < 1.29 is 29.0 Å². The van der Waals surface area contributed by atoms with E-state index in [-0.39, 0.29) is 29.7 Å². The Balaban J connectivity index is 1.85. The van der Waals surface area contributed by atoms with Gasteiger partial charge in [-0.05, 0) is 55.8 Å². The van der Waals surface area contributed by atoms with Gasteiger partial charge in [0.05, 0.1) is 5.56 Å². The highest BCUT2D eigenvalue weighted by molar-refractivity contribution is 6.31. The summed E-state index contributed by atoms with van der Waals surface area (Å²) in [5.74, 6) is -1.31. The van der Waals surface area contributed by atoms with Crippen molar-refractivity contribution in [1.29, 1.82) is 0 Å². The number of ether oxygens (including phenoxy) is 2. The Bertz CT molecular complexity index is 1280. The van der Waals surface area contributed by atoms with Crippen LogP contribution in [0, 0.1) is 0 Å². The quantitative estimate of drug-likeness (QED) is 0.271. The van der Waals surface area contributed by atoms with Crippen LogP contribution in [0.5, 0.6) is 11.5 Å². The molecule has 1 amide bonds. The molecule has 0 aliphatic rings. The third-order valence-corrected chi connectivity index (χ3v) is 5.65. The summed E-state index contributed by atoms with van der Waals surface area (Å²) < 4.78 is 11.2. The first-order valence-corrected chi connectivity index (χ1v) is 11.8. The number of para-hydroxylation sites is 1. The van der Waals surface area contributed by atoms with Crippen LogP contribution in [0.3, 0.4) is 0 Å². The fourth-order valence-corrected chi connectivity index (χ4v) is 3.51. The summed E-state index contributed by atoms with van der Waals surface area (Å²) in [5, 5.41) is 15.5. The standard InChI is InChI=1S/C27H28ClN3O6/c1-16(32)17(2)37-24-5-3-4-19(26(24)36-15-25(33)34)14-30-23-11-8-20(28)12-22(23)27(35)31-21-9-6-18(13-29)7-10-21/h3-12,17,30H,13-15,29H2,1-2H3,(H,31,35)(H,33,34). The van der Waals surface area contributed by atoms with Gasteiger partial charge in [0.25, 0.3) is 5.91 Å². The number of carbonyl (C=O) groups excluding carboxylic acids is 2. The van der Waals surface area contributed by atoms with Crippen LogP contribution in [0.15, 0.2) is 60.7 Å². The van der Waals surface area contributed by atoms with Gasteiger partial charge in [0.2, 0.25) is 0 Å². The van der Waals surface area contributed by atoms with E-state index in [0.29, 0.717) is 34.1 Å². The minimum atomic E-state index is -1.16. The molecule has 0 aliphatic carbocycles. The molecule has 3 aromatic carbocycles. The first kappa shape index (κ1) is 27.5. The van der Waals surface area contributed by atoms with Crippen LogP contribution in [0.1, 0.15) is 35.3 Å². The average Bonchev–Trinajstić information content (AvgIpc) is 2.87. The number of amides is 1. The molecule has 3 aromatic rings. The third kappa shape index (κ3) is 7.70. The molecule has 0 aromatic heterocycles. The number of anilines is 2. The van der Waals surface area contributed by atoms with Gasteiger partial charge < -0.3 is 30.9 Å². The maximum atomic E-state index is 13.1. The normalized spacial score (nSPS) is 11.4. The summed E-state index contributed by atoms with van der Waals surface area (Å²) in [6, 6.07) is 17.1. The zero-order chi connectivity index (χ0) is 26.9. The monoisotopic (exact) mass is 525 g/mol. The lowest BCUT2D eigenvalue weighted by Crippen LogP contribution is -2.22. The van der Waals surface area contributed by atoms with E-state index >= 15 is 0 Å². The van der Waals surface area contributed by atoms with Gasteiger partial charge >= 0.3 is 5.97 Å². The average molecular weight is 526 g/mol. The van der Waals surface area contributed by atoms with Crippen molar-refractivity contribution in [2.24, 2.45) is 5.73 Å². The number of nitrogens with two attached hydrogens (primary N) is 1. The largest absolute Gasteiger partial charge is 0.479 e. The molecule has 0 saturated heterocycles. The molecule has 0 saturated carbocycles. The summed E-state index contributed by atoms with van der Waals surface area (Å²) in [6.45, 7) is 2.95.